The minimum absolute atomic E-state index is 0. The van der Waals surface area contributed by atoms with Gasteiger partial charge in [-0.3, -0.25) is 0 Å². The summed E-state index contributed by atoms with van der Waals surface area (Å²) in [5.41, 5.74) is 2.62. The Kier molecular flexibility index (Phi) is 7.04. The van der Waals surface area contributed by atoms with E-state index in [1.165, 1.54) is 0 Å². The van der Waals surface area contributed by atoms with Crippen molar-refractivity contribution in [1.82, 2.24) is 0 Å². The van der Waals surface area contributed by atoms with Crippen molar-refractivity contribution < 1.29 is 75.2 Å². The minimum atomic E-state index is -0.835. The van der Waals surface area contributed by atoms with Crippen molar-refractivity contribution in [3.8, 4) is 0 Å². The molecule has 0 N–H and O–H groups in total. The van der Waals surface area contributed by atoms with Crippen LogP contribution in [0.2, 0.25) is 0 Å². The molecular weight excluding hydrogens is 269 g/mol. The quantitative estimate of drug-likeness (QED) is 0.368. The van der Waals surface area contributed by atoms with Gasteiger partial charge in [0.1, 0.15) is 24.4 Å². The molecule has 0 radical (unpaired) electrons. The topological polar surface area (TPSA) is 39.4 Å². The average Bonchev–Trinajstić information content (AvgIpc) is 3.02. The van der Waals surface area contributed by atoms with Gasteiger partial charge in [0.15, 0.2) is 0 Å². The third kappa shape index (κ3) is 3.43. The number of rotatable bonds is 3. The standard InChI is InChI=1S/C12H9O3P.2Na.2H/c1-4-10(13-7-1)16(11-5-2-8-14-11)12-6-3-9-15-12;;;;/h1-9H;;;;/q;2*+1;2*-1. The van der Waals surface area contributed by atoms with Gasteiger partial charge in [-0.2, -0.15) is 0 Å². The summed E-state index contributed by atoms with van der Waals surface area (Å²) in [7, 11) is -0.835. The molecule has 0 aliphatic heterocycles. The molecule has 0 aliphatic rings. The largest absolute Gasteiger partial charge is 1.00 e. The van der Waals surface area contributed by atoms with Crippen LogP contribution in [-0.4, -0.2) is 0 Å². The van der Waals surface area contributed by atoms with E-state index in [-0.39, 0.29) is 62.0 Å². The zero-order chi connectivity index (χ0) is 10.8. The van der Waals surface area contributed by atoms with E-state index in [9.17, 15) is 0 Å². The summed E-state index contributed by atoms with van der Waals surface area (Å²) in [5, 5.41) is 0. The summed E-state index contributed by atoms with van der Waals surface area (Å²) in [5.74, 6) is 0. The fourth-order valence-electron chi connectivity index (χ4n) is 1.52. The van der Waals surface area contributed by atoms with Gasteiger partial charge >= 0.3 is 59.1 Å². The van der Waals surface area contributed by atoms with E-state index >= 15 is 0 Å². The predicted octanol–water partition coefficient (Wildman–Crippen LogP) is -3.54. The molecule has 0 fully saturated rings. The van der Waals surface area contributed by atoms with E-state index in [1.54, 1.807) is 18.8 Å². The molecule has 18 heavy (non-hydrogen) atoms. The van der Waals surface area contributed by atoms with Crippen LogP contribution >= 0.6 is 7.92 Å². The third-order valence-electron chi connectivity index (χ3n) is 2.18. The second kappa shape index (κ2) is 7.76. The molecule has 6 heteroatoms. The van der Waals surface area contributed by atoms with Crippen LogP contribution in [0, 0.1) is 0 Å². The van der Waals surface area contributed by atoms with E-state index < -0.39 is 7.92 Å². The number of hydrogen-bond donors (Lipinski definition) is 0. The van der Waals surface area contributed by atoms with Gasteiger partial charge in [0.05, 0.1) is 18.8 Å². The number of furan rings is 3. The van der Waals surface area contributed by atoms with Crippen molar-refractivity contribution in [2.45, 2.75) is 0 Å². The van der Waals surface area contributed by atoms with E-state index in [0.717, 1.165) is 16.5 Å². The van der Waals surface area contributed by atoms with Crippen molar-refractivity contribution in [2.75, 3.05) is 0 Å². The molecule has 0 amide bonds. The first-order valence-corrected chi connectivity index (χ1v) is 6.20. The molecule has 3 aromatic heterocycles. The van der Waals surface area contributed by atoms with Gasteiger partial charge in [-0.1, -0.05) is 0 Å². The van der Waals surface area contributed by atoms with E-state index in [0.29, 0.717) is 0 Å². The van der Waals surface area contributed by atoms with Crippen LogP contribution in [-0.2, 0) is 0 Å². The van der Waals surface area contributed by atoms with E-state index in [1.807, 2.05) is 36.4 Å². The Balaban J connectivity index is 0. The zero-order valence-corrected chi connectivity index (χ0v) is 15.3. The molecule has 0 saturated heterocycles. The Bertz CT molecular complexity index is 460. The number of hydrogen-bond acceptors (Lipinski definition) is 3. The Morgan fingerprint density at radius 1 is 0.667 bits per heavy atom. The van der Waals surface area contributed by atoms with Crippen LogP contribution in [0.1, 0.15) is 2.85 Å². The molecule has 0 aliphatic carbocycles. The van der Waals surface area contributed by atoms with Crippen LogP contribution in [0.15, 0.2) is 68.4 Å². The summed E-state index contributed by atoms with van der Waals surface area (Å²) in [4.78, 5) is 0. The van der Waals surface area contributed by atoms with Gasteiger partial charge in [-0.15, -0.1) is 0 Å². The Hall–Kier alpha value is 0.270. The molecule has 84 valence electrons. The summed E-state index contributed by atoms with van der Waals surface area (Å²) in [6.45, 7) is 0. The van der Waals surface area contributed by atoms with E-state index in [4.69, 9.17) is 13.3 Å². The fourth-order valence-corrected chi connectivity index (χ4v) is 3.37. The van der Waals surface area contributed by atoms with Crippen LogP contribution in [0.4, 0.5) is 0 Å². The van der Waals surface area contributed by atoms with Gasteiger partial charge in [0.2, 0.25) is 0 Å². The van der Waals surface area contributed by atoms with Crippen molar-refractivity contribution in [3.05, 3.63) is 55.2 Å². The van der Waals surface area contributed by atoms with Gasteiger partial charge in [-0.05, 0) is 36.4 Å². The minimum Gasteiger partial charge on any atom is -1.00 e. The maximum Gasteiger partial charge on any atom is 1.00 e. The van der Waals surface area contributed by atoms with Crippen molar-refractivity contribution in [1.29, 1.82) is 0 Å². The summed E-state index contributed by atoms with van der Waals surface area (Å²) >= 11 is 0. The van der Waals surface area contributed by atoms with Crippen LogP contribution in [0.3, 0.4) is 0 Å². The molecule has 3 rings (SSSR count). The third-order valence-corrected chi connectivity index (χ3v) is 4.27. The van der Waals surface area contributed by atoms with Gasteiger partial charge in [0.25, 0.3) is 0 Å². The van der Waals surface area contributed by atoms with Crippen LogP contribution in [0.5, 0.6) is 0 Å². The zero-order valence-electron chi connectivity index (χ0n) is 12.4. The van der Waals surface area contributed by atoms with Crippen LogP contribution in [0.25, 0.3) is 0 Å². The maximum absolute atomic E-state index is 5.45. The Morgan fingerprint density at radius 3 is 1.22 bits per heavy atom. The smallest absolute Gasteiger partial charge is 1.00 e. The first-order chi connectivity index (χ1) is 7.95. The molecular formula is C12H11Na2O3P. The first-order valence-electron chi connectivity index (χ1n) is 4.86. The molecule has 0 bridgehead atoms. The van der Waals surface area contributed by atoms with Gasteiger partial charge in [-0.25, -0.2) is 0 Å². The Labute approximate surface area is 153 Å². The molecule has 0 spiro atoms. The fraction of sp³-hybridized carbons (Fsp3) is 0. The van der Waals surface area contributed by atoms with Gasteiger partial charge in [0, 0.05) is 0 Å². The van der Waals surface area contributed by atoms with Crippen molar-refractivity contribution >= 4 is 24.4 Å². The molecule has 0 aromatic carbocycles. The SMILES string of the molecule is [H-].[H-].[Na+].[Na+].c1coc(P(c2ccco2)c2ccco2)c1. The van der Waals surface area contributed by atoms with Crippen molar-refractivity contribution in [2.24, 2.45) is 0 Å². The molecule has 0 atom stereocenters. The average molecular weight is 280 g/mol. The van der Waals surface area contributed by atoms with Crippen LogP contribution < -0.4 is 75.6 Å². The summed E-state index contributed by atoms with van der Waals surface area (Å²) < 4.78 is 16.4. The first kappa shape index (κ1) is 16.3. The second-order valence-electron chi connectivity index (χ2n) is 3.19. The summed E-state index contributed by atoms with van der Waals surface area (Å²) in [6, 6.07) is 11.4. The molecule has 3 aromatic rings. The van der Waals surface area contributed by atoms with Crippen molar-refractivity contribution in [3.63, 3.8) is 0 Å². The summed E-state index contributed by atoms with van der Waals surface area (Å²) in [6.07, 6.45) is 4.99. The van der Waals surface area contributed by atoms with Gasteiger partial charge < -0.3 is 16.1 Å². The molecule has 0 saturated carbocycles. The molecule has 0 unspecified atom stereocenters. The predicted molar refractivity (Wildman–Crippen MR) is 64.2 cm³/mol. The molecule has 3 heterocycles. The molecule has 3 nitrogen and oxygen atoms in total. The maximum atomic E-state index is 5.45. The van der Waals surface area contributed by atoms with E-state index in [2.05, 4.69) is 0 Å². The monoisotopic (exact) mass is 280 g/mol. The normalized spacial score (nSPS) is 9.83. The Morgan fingerprint density at radius 2 is 1.00 bits per heavy atom. The second-order valence-corrected chi connectivity index (χ2v) is 5.18.